The summed E-state index contributed by atoms with van der Waals surface area (Å²) in [5.74, 6) is 1.23. The number of fused-ring (bicyclic) bond motifs is 1. The Balaban J connectivity index is 0.00000144. The first-order valence-electron chi connectivity index (χ1n) is 6.35. The Morgan fingerprint density at radius 1 is 1.24 bits per heavy atom. The summed E-state index contributed by atoms with van der Waals surface area (Å²) in [5.41, 5.74) is 3.03. The van der Waals surface area contributed by atoms with E-state index < -0.39 is 0 Å². The second kappa shape index (κ2) is 6.92. The molecule has 2 nitrogen and oxygen atoms in total. The molecule has 0 bridgehead atoms. The lowest BCUT2D eigenvalue weighted by atomic mass is 10.2. The van der Waals surface area contributed by atoms with Crippen molar-refractivity contribution in [2.75, 3.05) is 23.7 Å². The number of thioether (sulfide) groups is 1. The van der Waals surface area contributed by atoms with E-state index >= 15 is 0 Å². The number of hydrogen-bond acceptors (Lipinski definition) is 3. The van der Waals surface area contributed by atoms with Crippen molar-refractivity contribution in [3.8, 4) is 0 Å². The molecule has 3 heteroatoms. The van der Waals surface area contributed by atoms with Gasteiger partial charge in [-0.2, -0.15) is 0 Å². The van der Waals surface area contributed by atoms with Crippen LogP contribution in [0.2, 0.25) is 0 Å². The normalized spacial score (nSPS) is 13.4. The Labute approximate surface area is 109 Å². The van der Waals surface area contributed by atoms with E-state index in [9.17, 15) is 0 Å². The van der Waals surface area contributed by atoms with Crippen LogP contribution in [0.15, 0.2) is 23.1 Å². The van der Waals surface area contributed by atoms with Gasteiger partial charge in [0.05, 0.1) is 0 Å². The minimum absolute atomic E-state index is 0. The quantitative estimate of drug-likeness (QED) is 0.801. The second-order valence-corrected chi connectivity index (χ2v) is 5.54. The minimum atomic E-state index is 0. The van der Waals surface area contributed by atoms with Crippen LogP contribution in [0.1, 0.15) is 32.3 Å². The molecule has 0 radical (unpaired) electrons. The van der Waals surface area contributed by atoms with Gasteiger partial charge in [0, 0.05) is 23.7 Å². The highest BCUT2D eigenvalue weighted by Gasteiger charge is 2.18. The van der Waals surface area contributed by atoms with Crippen molar-refractivity contribution in [1.82, 2.24) is 6.15 Å². The van der Waals surface area contributed by atoms with E-state index in [2.05, 4.69) is 36.9 Å². The van der Waals surface area contributed by atoms with Crippen LogP contribution in [0.25, 0.3) is 0 Å². The summed E-state index contributed by atoms with van der Waals surface area (Å²) in [4.78, 5) is 3.97. The molecule has 96 valence electrons. The van der Waals surface area contributed by atoms with Crippen molar-refractivity contribution in [1.29, 1.82) is 0 Å². The van der Waals surface area contributed by atoms with E-state index in [1.165, 1.54) is 54.3 Å². The van der Waals surface area contributed by atoms with Gasteiger partial charge in [0.25, 0.3) is 0 Å². The van der Waals surface area contributed by atoms with Crippen molar-refractivity contribution in [2.45, 2.75) is 38.0 Å². The predicted octanol–water partition coefficient (Wildman–Crippen LogP) is 4.12. The Morgan fingerprint density at radius 3 is 2.76 bits per heavy atom. The zero-order chi connectivity index (χ0) is 11.4. The second-order valence-electron chi connectivity index (χ2n) is 4.38. The lowest BCUT2D eigenvalue weighted by Gasteiger charge is -2.18. The van der Waals surface area contributed by atoms with Crippen LogP contribution in [0.4, 0.5) is 5.69 Å². The lowest BCUT2D eigenvalue weighted by molar-refractivity contribution is 0.796. The van der Waals surface area contributed by atoms with Gasteiger partial charge in [-0.05, 0) is 42.7 Å². The molecule has 0 aromatic heterocycles. The van der Waals surface area contributed by atoms with E-state index in [1.807, 2.05) is 11.8 Å². The predicted molar refractivity (Wildman–Crippen MR) is 78.7 cm³/mol. The molecule has 1 heterocycles. The van der Waals surface area contributed by atoms with Crippen LogP contribution in [-0.4, -0.2) is 18.8 Å². The third kappa shape index (κ3) is 3.39. The molecule has 0 spiro atoms. The zero-order valence-corrected chi connectivity index (χ0v) is 11.9. The lowest BCUT2D eigenvalue weighted by Crippen LogP contribution is -2.20. The van der Waals surface area contributed by atoms with E-state index in [0.717, 1.165) is 0 Å². The average Bonchev–Trinajstić information content (AvgIpc) is 2.70. The largest absolute Gasteiger partial charge is 0.371 e. The zero-order valence-electron chi connectivity index (χ0n) is 11.0. The van der Waals surface area contributed by atoms with E-state index in [4.69, 9.17) is 0 Å². The Hall–Kier alpha value is -0.670. The van der Waals surface area contributed by atoms with Gasteiger partial charge >= 0.3 is 0 Å². The molecule has 2 rings (SSSR count). The molecule has 3 N–H and O–H groups in total. The van der Waals surface area contributed by atoms with Crippen LogP contribution >= 0.6 is 11.8 Å². The van der Waals surface area contributed by atoms with Gasteiger partial charge < -0.3 is 11.1 Å². The number of nitrogens with zero attached hydrogens (tertiary/aromatic N) is 1. The summed E-state index contributed by atoms with van der Waals surface area (Å²) in [7, 11) is 0. The fourth-order valence-electron chi connectivity index (χ4n) is 2.24. The summed E-state index contributed by atoms with van der Waals surface area (Å²) in [6.07, 6.45) is 3.72. The number of rotatable bonds is 5. The number of anilines is 1. The first-order chi connectivity index (χ1) is 7.85. The number of benzene rings is 1. The van der Waals surface area contributed by atoms with Gasteiger partial charge in [0.15, 0.2) is 0 Å². The molecule has 17 heavy (non-hydrogen) atoms. The van der Waals surface area contributed by atoms with Gasteiger partial charge in [-0.1, -0.05) is 19.9 Å². The van der Waals surface area contributed by atoms with Crippen molar-refractivity contribution >= 4 is 17.4 Å². The van der Waals surface area contributed by atoms with Gasteiger partial charge in [-0.25, -0.2) is 0 Å². The fourth-order valence-corrected chi connectivity index (χ4v) is 3.04. The van der Waals surface area contributed by atoms with E-state index in [0.29, 0.717) is 0 Å². The summed E-state index contributed by atoms with van der Waals surface area (Å²) < 4.78 is 0. The first-order valence-corrected chi connectivity index (χ1v) is 7.34. The van der Waals surface area contributed by atoms with Crippen LogP contribution in [0.3, 0.4) is 0 Å². The first kappa shape index (κ1) is 14.4. The molecule has 1 aliphatic heterocycles. The minimum Gasteiger partial charge on any atom is -0.371 e. The van der Waals surface area contributed by atoms with Crippen LogP contribution in [-0.2, 0) is 6.42 Å². The Kier molecular flexibility index (Phi) is 5.86. The molecule has 0 amide bonds. The standard InChI is InChI=1S/C14H21NS.H3N/c1-3-8-15-9-7-12-5-6-13(11-14(12)15)16-10-4-2;/h5-6,11H,3-4,7-10H2,1-2H3;1H3. The van der Waals surface area contributed by atoms with Crippen molar-refractivity contribution in [2.24, 2.45) is 0 Å². The maximum Gasteiger partial charge on any atom is 0.0410 e. The molecular formula is C14H24N2S. The highest BCUT2D eigenvalue weighted by molar-refractivity contribution is 7.99. The fraction of sp³-hybridized carbons (Fsp3) is 0.571. The van der Waals surface area contributed by atoms with Crippen LogP contribution in [0, 0.1) is 0 Å². The van der Waals surface area contributed by atoms with Gasteiger partial charge in [-0.15, -0.1) is 11.8 Å². The topological polar surface area (TPSA) is 38.2 Å². The molecular weight excluding hydrogens is 228 g/mol. The van der Waals surface area contributed by atoms with Gasteiger partial charge in [0.1, 0.15) is 0 Å². The molecule has 0 unspecified atom stereocenters. The van der Waals surface area contributed by atoms with Crippen LogP contribution < -0.4 is 11.1 Å². The molecule has 1 aromatic carbocycles. The highest BCUT2D eigenvalue weighted by atomic mass is 32.2. The summed E-state index contributed by atoms with van der Waals surface area (Å²) >= 11 is 1.98. The average molecular weight is 252 g/mol. The SMILES string of the molecule is CCCSc1ccc2c(c1)N(CCC)CC2.N. The monoisotopic (exact) mass is 252 g/mol. The molecule has 0 saturated carbocycles. The summed E-state index contributed by atoms with van der Waals surface area (Å²) in [5, 5.41) is 0. The molecule has 0 saturated heterocycles. The van der Waals surface area contributed by atoms with E-state index in [-0.39, 0.29) is 6.15 Å². The molecule has 0 fully saturated rings. The third-order valence-electron chi connectivity index (χ3n) is 3.01. The van der Waals surface area contributed by atoms with Crippen molar-refractivity contribution in [3.05, 3.63) is 23.8 Å². The van der Waals surface area contributed by atoms with Gasteiger partial charge in [-0.3, -0.25) is 0 Å². The molecule has 1 aromatic rings. The van der Waals surface area contributed by atoms with E-state index in [1.54, 1.807) is 0 Å². The molecule has 0 atom stereocenters. The maximum atomic E-state index is 2.53. The third-order valence-corrected chi connectivity index (χ3v) is 4.21. The summed E-state index contributed by atoms with van der Waals surface area (Å²) in [6.45, 7) is 6.91. The smallest absolute Gasteiger partial charge is 0.0410 e. The maximum absolute atomic E-state index is 2.53. The van der Waals surface area contributed by atoms with Crippen molar-refractivity contribution in [3.63, 3.8) is 0 Å². The molecule has 0 aliphatic carbocycles. The van der Waals surface area contributed by atoms with Crippen LogP contribution in [0.5, 0.6) is 0 Å². The van der Waals surface area contributed by atoms with Crippen molar-refractivity contribution < 1.29 is 0 Å². The molecule has 1 aliphatic rings. The summed E-state index contributed by atoms with van der Waals surface area (Å²) in [6, 6.07) is 7.00. The highest BCUT2D eigenvalue weighted by Crippen LogP contribution is 2.32. The number of hydrogen-bond donors (Lipinski definition) is 1. The van der Waals surface area contributed by atoms with Gasteiger partial charge in [0.2, 0.25) is 0 Å². The Morgan fingerprint density at radius 2 is 2.06 bits per heavy atom. The Bertz CT molecular complexity index is 350.